The number of rotatable bonds is 4. The highest BCUT2D eigenvalue weighted by Gasteiger charge is 2.13. The van der Waals surface area contributed by atoms with Crippen molar-refractivity contribution in [1.82, 2.24) is 9.97 Å². The maximum Gasteiger partial charge on any atom is 0.316 e. The van der Waals surface area contributed by atoms with Gasteiger partial charge in [-0.2, -0.15) is 9.97 Å². The molecule has 1 N–H and O–H groups in total. The van der Waals surface area contributed by atoms with E-state index in [9.17, 15) is 9.18 Å². The number of benzene rings is 1. The first kappa shape index (κ1) is 14.9. The molecular weight excluding hydrogens is 273 g/mol. The number of amides is 1. The van der Waals surface area contributed by atoms with Crippen LogP contribution in [-0.2, 0) is 11.2 Å². The second kappa shape index (κ2) is 6.30. The predicted octanol–water partition coefficient (Wildman–Crippen LogP) is 2.42. The third-order valence-corrected chi connectivity index (χ3v) is 3.01. The van der Waals surface area contributed by atoms with Crippen LogP contribution in [0.1, 0.15) is 17.0 Å². The Hall–Kier alpha value is -2.50. The molecule has 2 rings (SSSR count). The Kier molecular flexibility index (Phi) is 4.47. The van der Waals surface area contributed by atoms with E-state index in [1.807, 2.05) is 0 Å². The Morgan fingerprint density at radius 1 is 1.24 bits per heavy atom. The summed E-state index contributed by atoms with van der Waals surface area (Å²) in [5.74, 6) is -0.716. The highest BCUT2D eigenvalue weighted by atomic mass is 19.1. The fraction of sp³-hybridized carbons (Fsp3) is 0.267. The summed E-state index contributed by atoms with van der Waals surface area (Å²) in [5.41, 5.74) is 2.07. The molecule has 0 saturated heterocycles. The van der Waals surface area contributed by atoms with Crippen molar-refractivity contribution in [3.05, 3.63) is 47.0 Å². The maximum absolute atomic E-state index is 13.5. The second-order valence-corrected chi connectivity index (χ2v) is 4.57. The summed E-state index contributed by atoms with van der Waals surface area (Å²) in [6.07, 6.45) is -0.0441. The van der Waals surface area contributed by atoms with Crippen molar-refractivity contribution in [2.45, 2.75) is 20.3 Å². The molecule has 0 spiro atoms. The largest absolute Gasteiger partial charge is 0.467 e. The van der Waals surface area contributed by atoms with E-state index in [2.05, 4.69) is 15.3 Å². The zero-order valence-corrected chi connectivity index (χ0v) is 12.1. The normalized spacial score (nSPS) is 10.3. The lowest BCUT2D eigenvalue weighted by molar-refractivity contribution is -0.115. The Morgan fingerprint density at radius 2 is 1.86 bits per heavy atom. The maximum atomic E-state index is 13.5. The van der Waals surface area contributed by atoms with Crippen molar-refractivity contribution in [2.24, 2.45) is 0 Å². The van der Waals surface area contributed by atoms with Gasteiger partial charge in [0.2, 0.25) is 5.91 Å². The minimum Gasteiger partial charge on any atom is -0.467 e. The van der Waals surface area contributed by atoms with Gasteiger partial charge in [0.1, 0.15) is 5.82 Å². The Labute approximate surface area is 122 Å². The average Bonchev–Trinajstić information content (AvgIpc) is 2.45. The number of nitrogens with zero attached hydrogens (tertiary/aromatic N) is 2. The van der Waals surface area contributed by atoms with Crippen molar-refractivity contribution in [1.29, 1.82) is 0 Å². The van der Waals surface area contributed by atoms with Gasteiger partial charge in [0.05, 0.1) is 30.6 Å². The molecule has 1 aromatic heterocycles. The fourth-order valence-electron chi connectivity index (χ4n) is 1.96. The van der Waals surface area contributed by atoms with Gasteiger partial charge >= 0.3 is 6.01 Å². The monoisotopic (exact) mass is 289 g/mol. The van der Waals surface area contributed by atoms with Crippen molar-refractivity contribution in [2.75, 3.05) is 12.4 Å². The number of methoxy groups -OCH3 is 1. The van der Waals surface area contributed by atoms with Crippen LogP contribution in [0, 0.1) is 19.7 Å². The third-order valence-electron chi connectivity index (χ3n) is 3.01. The van der Waals surface area contributed by atoms with E-state index in [0.29, 0.717) is 22.6 Å². The minimum absolute atomic E-state index is 0.0441. The molecule has 0 bridgehead atoms. The summed E-state index contributed by atoms with van der Waals surface area (Å²) in [6, 6.07) is 6.44. The van der Waals surface area contributed by atoms with Gasteiger partial charge in [0.25, 0.3) is 0 Å². The summed E-state index contributed by atoms with van der Waals surface area (Å²) in [5, 5.41) is 2.72. The number of carbonyl (C=O) groups is 1. The molecule has 6 heteroatoms. The number of aromatic nitrogens is 2. The third kappa shape index (κ3) is 3.53. The highest BCUT2D eigenvalue weighted by Crippen LogP contribution is 2.19. The van der Waals surface area contributed by atoms with E-state index in [4.69, 9.17) is 4.74 Å². The van der Waals surface area contributed by atoms with E-state index in [0.717, 1.165) is 0 Å². The number of anilines is 1. The first-order valence-electron chi connectivity index (χ1n) is 6.43. The summed E-state index contributed by atoms with van der Waals surface area (Å²) >= 11 is 0. The molecule has 1 heterocycles. The van der Waals surface area contributed by atoms with Crippen LogP contribution in [0.4, 0.5) is 10.1 Å². The predicted molar refractivity (Wildman–Crippen MR) is 76.8 cm³/mol. The molecular formula is C15H16FN3O2. The van der Waals surface area contributed by atoms with Crippen molar-refractivity contribution >= 4 is 11.6 Å². The van der Waals surface area contributed by atoms with Gasteiger partial charge in [-0.05, 0) is 25.5 Å². The number of aryl methyl sites for hydroxylation is 2. The first-order valence-corrected chi connectivity index (χ1v) is 6.43. The zero-order valence-electron chi connectivity index (χ0n) is 12.1. The molecule has 0 aliphatic carbocycles. The molecule has 0 aliphatic rings. The van der Waals surface area contributed by atoms with Crippen LogP contribution in [-0.4, -0.2) is 23.0 Å². The number of hydrogen-bond donors (Lipinski definition) is 1. The summed E-state index contributed by atoms with van der Waals surface area (Å²) in [4.78, 5) is 20.2. The number of nitrogens with one attached hydrogen (secondary N) is 1. The standard InChI is InChI=1S/C15H16FN3O2/c1-9-14(10(2)18-15(17-9)21-3)19-13(20)8-11-6-4-5-7-12(11)16/h4-7H,8H2,1-3H3,(H,19,20). The molecule has 0 unspecified atom stereocenters. The first-order chi connectivity index (χ1) is 10.0. The zero-order chi connectivity index (χ0) is 15.4. The van der Waals surface area contributed by atoms with Crippen LogP contribution >= 0.6 is 0 Å². The smallest absolute Gasteiger partial charge is 0.316 e. The number of halogens is 1. The van der Waals surface area contributed by atoms with Crippen molar-refractivity contribution in [3.8, 4) is 6.01 Å². The van der Waals surface area contributed by atoms with Gasteiger partial charge in [-0.15, -0.1) is 0 Å². The van der Waals surface area contributed by atoms with E-state index >= 15 is 0 Å². The van der Waals surface area contributed by atoms with E-state index < -0.39 is 5.82 Å². The number of ether oxygens (including phenoxy) is 1. The molecule has 5 nitrogen and oxygen atoms in total. The Morgan fingerprint density at radius 3 is 2.43 bits per heavy atom. The summed E-state index contributed by atoms with van der Waals surface area (Å²) < 4.78 is 18.5. The molecule has 0 radical (unpaired) electrons. The molecule has 0 saturated carbocycles. The Balaban J connectivity index is 2.15. The van der Waals surface area contributed by atoms with Crippen molar-refractivity contribution < 1.29 is 13.9 Å². The fourth-order valence-corrected chi connectivity index (χ4v) is 1.96. The molecule has 0 atom stereocenters. The molecule has 0 aliphatic heterocycles. The molecule has 1 amide bonds. The Bertz CT molecular complexity index is 651. The summed E-state index contributed by atoms with van der Waals surface area (Å²) in [7, 11) is 1.48. The molecule has 2 aromatic rings. The topological polar surface area (TPSA) is 64.1 Å². The molecule has 0 fully saturated rings. The molecule has 21 heavy (non-hydrogen) atoms. The van der Waals surface area contributed by atoms with E-state index in [1.165, 1.54) is 13.2 Å². The van der Waals surface area contributed by atoms with Crippen LogP contribution in [0.2, 0.25) is 0 Å². The average molecular weight is 289 g/mol. The van der Waals surface area contributed by atoms with Crippen molar-refractivity contribution in [3.63, 3.8) is 0 Å². The van der Waals surface area contributed by atoms with Gasteiger partial charge in [0, 0.05) is 0 Å². The highest BCUT2D eigenvalue weighted by molar-refractivity contribution is 5.93. The lowest BCUT2D eigenvalue weighted by atomic mass is 10.1. The van der Waals surface area contributed by atoms with Crippen LogP contribution < -0.4 is 10.1 Å². The van der Waals surface area contributed by atoms with Crippen LogP contribution in [0.5, 0.6) is 6.01 Å². The van der Waals surface area contributed by atoms with Gasteiger partial charge < -0.3 is 10.1 Å². The van der Waals surface area contributed by atoms with E-state index in [-0.39, 0.29) is 18.3 Å². The number of carbonyl (C=O) groups excluding carboxylic acids is 1. The lowest BCUT2D eigenvalue weighted by Crippen LogP contribution is -2.18. The minimum atomic E-state index is -0.396. The van der Waals surface area contributed by atoms with Gasteiger partial charge in [-0.1, -0.05) is 18.2 Å². The second-order valence-electron chi connectivity index (χ2n) is 4.57. The van der Waals surface area contributed by atoms with Gasteiger partial charge in [-0.3, -0.25) is 4.79 Å². The van der Waals surface area contributed by atoms with Crippen LogP contribution in [0.3, 0.4) is 0 Å². The molecule has 110 valence electrons. The van der Waals surface area contributed by atoms with Crippen LogP contribution in [0.25, 0.3) is 0 Å². The summed E-state index contributed by atoms with van der Waals surface area (Å²) in [6.45, 7) is 3.49. The lowest BCUT2D eigenvalue weighted by Gasteiger charge is -2.11. The van der Waals surface area contributed by atoms with Crippen LogP contribution in [0.15, 0.2) is 24.3 Å². The quantitative estimate of drug-likeness (QED) is 0.939. The van der Waals surface area contributed by atoms with Gasteiger partial charge in [0.15, 0.2) is 0 Å². The van der Waals surface area contributed by atoms with E-state index in [1.54, 1.807) is 32.0 Å². The van der Waals surface area contributed by atoms with Gasteiger partial charge in [-0.25, -0.2) is 4.39 Å². The SMILES string of the molecule is COc1nc(C)c(NC(=O)Cc2ccccc2F)c(C)n1. The molecule has 1 aromatic carbocycles. The number of hydrogen-bond acceptors (Lipinski definition) is 4.